The molecule has 1 aliphatic heterocycles. The van der Waals surface area contributed by atoms with Crippen LogP contribution in [-0.2, 0) is 9.53 Å². The summed E-state index contributed by atoms with van der Waals surface area (Å²) >= 11 is 0. The molecule has 1 aromatic carbocycles. The highest BCUT2D eigenvalue weighted by Crippen LogP contribution is 2.33. The smallest absolute Gasteiger partial charge is 0.337 e. The van der Waals surface area contributed by atoms with Gasteiger partial charge in [0.25, 0.3) is 5.91 Å². The zero-order chi connectivity index (χ0) is 12.6. The topological polar surface area (TPSA) is 55.8 Å². The Morgan fingerprint density at radius 3 is 2.82 bits per heavy atom. The maximum absolute atomic E-state index is 11.7. The van der Waals surface area contributed by atoms with Gasteiger partial charge in [0.1, 0.15) is 5.75 Å². The summed E-state index contributed by atoms with van der Waals surface area (Å²) in [6.45, 7) is 1.67. The van der Waals surface area contributed by atoms with Crippen molar-refractivity contribution in [3.8, 4) is 5.75 Å². The Hall–Kier alpha value is -2.04. The first-order chi connectivity index (χ1) is 8.04. The van der Waals surface area contributed by atoms with Crippen LogP contribution < -0.4 is 9.64 Å². The number of esters is 1. The van der Waals surface area contributed by atoms with Gasteiger partial charge in [-0.05, 0) is 25.1 Å². The molecule has 0 radical (unpaired) electrons. The van der Waals surface area contributed by atoms with E-state index in [9.17, 15) is 9.59 Å². The molecule has 90 valence electrons. The molecule has 1 aromatic rings. The van der Waals surface area contributed by atoms with E-state index in [2.05, 4.69) is 4.74 Å². The molecule has 2 rings (SSSR count). The fraction of sp³-hybridized carbons (Fsp3) is 0.333. The monoisotopic (exact) mass is 235 g/mol. The quantitative estimate of drug-likeness (QED) is 0.687. The van der Waals surface area contributed by atoms with Crippen molar-refractivity contribution in [2.24, 2.45) is 0 Å². The summed E-state index contributed by atoms with van der Waals surface area (Å²) in [6, 6.07) is 4.86. The minimum absolute atomic E-state index is 0.108. The van der Waals surface area contributed by atoms with Gasteiger partial charge in [-0.2, -0.15) is 0 Å². The maximum atomic E-state index is 11.7. The molecule has 17 heavy (non-hydrogen) atoms. The highest BCUT2D eigenvalue weighted by atomic mass is 16.5. The molecule has 5 nitrogen and oxygen atoms in total. The van der Waals surface area contributed by atoms with E-state index in [0.717, 1.165) is 0 Å². The van der Waals surface area contributed by atoms with E-state index in [1.165, 1.54) is 12.0 Å². The Bertz CT molecular complexity index is 483. The van der Waals surface area contributed by atoms with Crippen LogP contribution in [0.5, 0.6) is 5.75 Å². The van der Waals surface area contributed by atoms with Crippen molar-refractivity contribution < 1.29 is 19.1 Å². The number of amides is 1. The minimum Gasteiger partial charge on any atom is -0.479 e. The number of hydrogen-bond acceptors (Lipinski definition) is 4. The van der Waals surface area contributed by atoms with Gasteiger partial charge in [-0.25, -0.2) is 4.79 Å². The summed E-state index contributed by atoms with van der Waals surface area (Å²) in [5.74, 6) is -0.0191. The molecule has 0 bridgehead atoms. The Kier molecular flexibility index (Phi) is 2.75. The van der Waals surface area contributed by atoms with Crippen LogP contribution in [0, 0.1) is 0 Å². The third kappa shape index (κ3) is 1.84. The Morgan fingerprint density at radius 2 is 2.18 bits per heavy atom. The summed E-state index contributed by atoms with van der Waals surface area (Å²) in [5, 5.41) is 0. The van der Waals surface area contributed by atoms with Crippen molar-refractivity contribution in [3.63, 3.8) is 0 Å². The van der Waals surface area contributed by atoms with Gasteiger partial charge in [0, 0.05) is 7.05 Å². The SMILES string of the molecule is COC(=O)c1ccc2c(c1)O[C@@H](C)C(=O)N2C. The summed E-state index contributed by atoms with van der Waals surface area (Å²) in [6.07, 6.45) is -0.541. The first-order valence-corrected chi connectivity index (χ1v) is 5.21. The van der Waals surface area contributed by atoms with Crippen LogP contribution in [0.4, 0.5) is 5.69 Å². The molecule has 0 aliphatic carbocycles. The van der Waals surface area contributed by atoms with E-state index in [-0.39, 0.29) is 5.91 Å². The highest BCUT2D eigenvalue weighted by Gasteiger charge is 2.29. The zero-order valence-electron chi connectivity index (χ0n) is 9.89. The first-order valence-electron chi connectivity index (χ1n) is 5.21. The fourth-order valence-electron chi connectivity index (χ4n) is 1.76. The maximum Gasteiger partial charge on any atom is 0.337 e. The number of hydrogen-bond donors (Lipinski definition) is 0. The number of likely N-dealkylation sites (N-methyl/N-ethyl adjacent to an activating group) is 1. The van der Waals surface area contributed by atoms with E-state index in [1.54, 1.807) is 32.2 Å². The number of nitrogens with zero attached hydrogens (tertiary/aromatic N) is 1. The molecular formula is C12H13NO4. The van der Waals surface area contributed by atoms with Gasteiger partial charge < -0.3 is 14.4 Å². The summed E-state index contributed by atoms with van der Waals surface area (Å²) in [7, 11) is 3.00. The number of anilines is 1. The number of benzene rings is 1. The second kappa shape index (κ2) is 4.08. The van der Waals surface area contributed by atoms with Gasteiger partial charge in [-0.15, -0.1) is 0 Å². The van der Waals surface area contributed by atoms with Crippen molar-refractivity contribution in [2.45, 2.75) is 13.0 Å². The summed E-state index contributed by atoms with van der Waals surface area (Å²) < 4.78 is 10.1. The van der Waals surface area contributed by atoms with Crippen molar-refractivity contribution >= 4 is 17.6 Å². The fourth-order valence-corrected chi connectivity index (χ4v) is 1.76. The highest BCUT2D eigenvalue weighted by molar-refractivity contribution is 6.00. The number of carbonyl (C=O) groups is 2. The van der Waals surface area contributed by atoms with E-state index in [0.29, 0.717) is 17.0 Å². The lowest BCUT2D eigenvalue weighted by molar-refractivity contribution is -0.125. The molecule has 0 N–H and O–H groups in total. The summed E-state index contributed by atoms with van der Waals surface area (Å²) in [5.41, 5.74) is 1.06. The molecule has 5 heteroatoms. The van der Waals surface area contributed by atoms with Gasteiger partial charge in [0.2, 0.25) is 0 Å². The van der Waals surface area contributed by atoms with Crippen molar-refractivity contribution in [2.75, 3.05) is 19.1 Å². The molecule has 1 atom stereocenters. The molecule has 1 heterocycles. The molecule has 0 fully saturated rings. The van der Waals surface area contributed by atoms with Gasteiger partial charge in [-0.1, -0.05) is 0 Å². The normalized spacial score (nSPS) is 18.4. The van der Waals surface area contributed by atoms with Gasteiger partial charge >= 0.3 is 5.97 Å². The van der Waals surface area contributed by atoms with Gasteiger partial charge in [-0.3, -0.25) is 4.79 Å². The number of rotatable bonds is 1. The summed E-state index contributed by atoms with van der Waals surface area (Å²) in [4.78, 5) is 24.6. The van der Waals surface area contributed by atoms with E-state index in [4.69, 9.17) is 4.74 Å². The van der Waals surface area contributed by atoms with E-state index >= 15 is 0 Å². The average molecular weight is 235 g/mol. The molecular weight excluding hydrogens is 222 g/mol. The van der Waals surface area contributed by atoms with Gasteiger partial charge in [0.05, 0.1) is 18.4 Å². The predicted molar refractivity (Wildman–Crippen MR) is 61.3 cm³/mol. The lowest BCUT2D eigenvalue weighted by Crippen LogP contribution is -2.42. The zero-order valence-corrected chi connectivity index (χ0v) is 9.89. The molecule has 0 spiro atoms. The van der Waals surface area contributed by atoms with Crippen LogP contribution in [0.25, 0.3) is 0 Å². The molecule has 1 aliphatic rings. The van der Waals surface area contributed by atoms with Crippen LogP contribution in [0.3, 0.4) is 0 Å². The lowest BCUT2D eigenvalue weighted by atomic mass is 10.1. The Balaban J connectivity index is 2.44. The third-order valence-electron chi connectivity index (χ3n) is 2.72. The molecule has 1 amide bonds. The molecule has 0 unspecified atom stereocenters. The van der Waals surface area contributed by atoms with Crippen LogP contribution in [0.1, 0.15) is 17.3 Å². The van der Waals surface area contributed by atoms with Crippen LogP contribution in [-0.4, -0.2) is 32.1 Å². The van der Waals surface area contributed by atoms with Crippen molar-refractivity contribution in [1.29, 1.82) is 0 Å². The number of carbonyl (C=O) groups excluding carboxylic acids is 2. The minimum atomic E-state index is -0.541. The number of ether oxygens (including phenoxy) is 2. The third-order valence-corrected chi connectivity index (χ3v) is 2.72. The van der Waals surface area contributed by atoms with Crippen molar-refractivity contribution in [1.82, 2.24) is 0 Å². The number of fused-ring (bicyclic) bond motifs is 1. The van der Waals surface area contributed by atoms with Crippen LogP contribution >= 0.6 is 0 Å². The molecule has 0 saturated carbocycles. The van der Waals surface area contributed by atoms with E-state index in [1.807, 2.05) is 0 Å². The van der Waals surface area contributed by atoms with Crippen LogP contribution in [0.2, 0.25) is 0 Å². The lowest BCUT2D eigenvalue weighted by Gasteiger charge is -2.30. The second-order valence-electron chi connectivity index (χ2n) is 3.83. The van der Waals surface area contributed by atoms with Crippen LogP contribution in [0.15, 0.2) is 18.2 Å². The second-order valence-corrected chi connectivity index (χ2v) is 3.83. The van der Waals surface area contributed by atoms with E-state index < -0.39 is 12.1 Å². The van der Waals surface area contributed by atoms with Crippen molar-refractivity contribution in [3.05, 3.63) is 23.8 Å². The Labute approximate surface area is 98.9 Å². The van der Waals surface area contributed by atoms with Gasteiger partial charge in [0.15, 0.2) is 6.10 Å². The molecule has 0 aromatic heterocycles. The standard InChI is InChI=1S/C12H13NO4/c1-7-11(14)13(2)9-5-4-8(12(15)16-3)6-10(9)17-7/h4-7H,1-3H3/t7-/m0/s1. The Morgan fingerprint density at radius 1 is 1.47 bits per heavy atom. The molecule has 0 saturated heterocycles. The average Bonchev–Trinajstić information content (AvgIpc) is 2.34. The largest absolute Gasteiger partial charge is 0.479 e. The number of methoxy groups -OCH3 is 1. The predicted octanol–water partition coefficient (Wildman–Crippen LogP) is 1.22. The first kappa shape index (κ1) is 11.4.